The van der Waals surface area contributed by atoms with Crippen LogP contribution in [-0.4, -0.2) is 25.7 Å². The molecule has 4 nitrogen and oxygen atoms in total. The normalized spacial score (nSPS) is 22.8. The van der Waals surface area contributed by atoms with Crippen LogP contribution in [0, 0.1) is 5.92 Å². The van der Waals surface area contributed by atoms with Crippen molar-refractivity contribution in [3.63, 3.8) is 0 Å². The van der Waals surface area contributed by atoms with E-state index in [4.69, 9.17) is 9.47 Å². The molecule has 1 saturated heterocycles. The molecule has 1 heterocycles. The van der Waals surface area contributed by atoms with E-state index in [9.17, 15) is 4.79 Å². The Morgan fingerprint density at radius 3 is 2.94 bits per heavy atom. The summed E-state index contributed by atoms with van der Waals surface area (Å²) in [5.74, 6) is 0.775. The maximum atomic E-state index is 12.1. The zero-order valence-corrected chi connectivity index (χ0v) is 12.0. The van der Waals surface area contributed by atoms with Crippen LogP contribution in [-0.2, 0) is 9.53 Å². The molecule has 2 atom stereocenters. The number of carbonyl (C=O) groups is 1. The Balaban J connectivity index is 2.13. The Kier molecular flexibility index (Phi) is 4.24. The number of anilines is 1. The Hall–Kier alpha value is -1.07. The molecule has 1 aliphatic rings. The van der Waals surface area contributed by atoms with E-state index in [1.807, 2.05) is 19.1 Å². The van der Waals surface area contributed by atoms with Crippen molar-refractivity contribution in [3.05, 3.63) is 22.7 Å². The van der Waals surface area contributed by atoms with Crippen LogP contribution in [0.5, 0.6) is 5.75 Å². The van der Waals surface area contributed by atoms with Gasteiger partial charge in [-0.25, -0.2) is 0 Å². The molecule has 0 aromatic heterocycles. The van der Waals surface area contributed by atoms with Crippen molar-refractivity contribution < 1.29 is 14.3 Å². The average Bonchev–Trinajstić information content (AvgIpc) is 2.76. The number of hydrogen-bond donors (Lipinski definition) is 1. The first-order valence-electron chi connectivity index (χ1n) is 5.88. The fourth-order valence-electron chi connectivity index (χ4n) is 2.01. The third-order valence-corrected chi connectivity index (χ3v) is 3.56. The van der Waals surface area contributed by atoms with Gasteiger partial charge in [0.1, 0.15) is 11.9 Å². The summed E-state index contributed by atoms with van der Waals surface area (Å²) in [6, 6.07) is 5.48. The molecular formula is C13H16BrNO3. The summed E-state index contributed by atoms with van der Waals surface area (Å²) < 4.78 is 11.5. The van der Waals surface area contributed by atoms with Crippen LogP contribution >= 0.6 is 15.9 Å². The summed E-state index contributed by atoms with van der Waals surface area (Å²) >= 11 is 3.37. The van der Waals surface area contributed by atoms with Crippen LogP contribution in [0.1, 0.15) is 13.3 Å². The molecule has 1 aromatic carbocycles. The fraction of sp³-hybridized carbons (Fsp3) is 0.462. The van der Waals surface area contributed by atoms with Gasteiger partial charge in [-0.2, -0.15) is 0 Å². The zero-order valence-electron chi connectivity index (χ0n) is 10.4. The Morgan fingerprint density at radius 2 is 2.33 bits per heavy atom. The van der Waals surface area contributed by atoms with Crippen molar-refractivity contribution >= 4 is 27.5 Å². The Labute approximate surface area is 115 Å². The van der Waals surface area contributed by atoms with E-state index in [2.05, 4.69) is 21.2 Å². The van der Waals surface area contributed by atoms with Crippen LogP contribution < -0.4 is 10.1 Å². The lowest BCUT2D eigenvalue weighted by Gasteiger charge is -2.16. The molecule has 1 fully saturated rings. The number of hydrogen-bond acceptors (Lipinski definition) is 3. The summed E-state index contributed by atoms with van der Waals surface area (Å²) in [5.41, 5.74) is 0.652. The molecule has 98 valence electrons. The lowest BCUT2D eigenvalue weighted by molar-refractivity contribution is -0.126. The minimum Gasteiger partial charge on any atom is -0.495 e. The van der Waals surface area contributed by atoms with E-state index in [1.54, 1.807) is 13.2 Å². The Morgan fingerprint density at radius 1 is 1.56 bits per heavy atom. The monoisotopic (exact) mass is 313 g/mol. The Bertz CT molecular complexity index is 450. The fourth-order valence-corrected chi connectivity index (χ4v) is 2.37. The van der Waals surface area contributed by atoms with Crippen molar-refractivity contribution in [3.8, 4) is 5.75 Å². The summed E-state index contributed by atoms with van der Waals surface area (Å²) in [7, 11) is 1.58. The summed E-state index contributed by atoms with van der Waals surface area (Å²) in [4.78, 5) is 12.1. The first kappa shape index (κ1) is 13.4. The molecule has 18 heavy (non-hydrogen) atoms. The zero-order chi connectivity index (χ0) is 13.1. The van der Waals surface area contributed by atoms with Crippen molar-refractivity contribution in [2.24, 2.45) is 5.92 Å². The predicted molar refractivity (Wildman–Crippen MR) is 72.8 cm³/mol. The molecule has 0 aliphatic carbocycles. The second kappa shape index (κ2) is 5.71. The maximum absolute atomic E-state index is 12.1. The third kappa shape index (κ3) is 2.84. The number of amides is 1. The van der Waals surface area contributed by atoms with Crippen molar-refractivity contribution in [1.82, 2.24) is 0 Å². The topological polar surface area (TPSA) is 47.6 Å². The highest BCUT2D eigenvalue weighted by molar-refractivity contribution is 9.10. The summed E-state index contributed by atoms with van der Waals surface area (Å²) in [5, 5.41) is 2.86. The molecule has 2 rings (SSSR count). The molecule has 5 heteroatoms. The SMILES string of the molecule is COc1ccc(Br)cc1NC(=O)C1OCCC1C. The first-order chi connectivity index (χ1) is 8.61. The van der Waals surface area contributed by atoms with Gasteiger partial charge in [0, 0.05) is 11.1 Å². The van der Waals surface area contributed by atoms with E-state index >= 15 is 0 Å². The van der Waals surface area contributed by atoms with E-state index in [0.717, 1.165) is 10.9 Å². The molecule has 0 radical (unpaired) electrons. The smallest absolute Gasteiger partial charge is 0.253 e. The number of halogens is 1. The van der Waals surface area contributed by atoms with Crippen LogP contribution in [0.4, 0.5) is 5.69 Å². The average molecular weight is 314 g/mol. The van der Waals surface area contributed by atoms with Crippen molar-refractivity contribution in [2.75, 3.05) is 19.0 Å². The van der Waals surface area contributed by atoms with Gasteiger partial charge in [0.15, 0.2) is 0 Å². The van der Waals surface area contributed by atoms with Gasteiger partial charge in [-0.3, -0.25) is 4.79 Å². The first-order valence-corrected chi connectivity index (χ1v) is 6.67. The molecule has 1 aromatic rings. The minimum atomic E-state index is -0.367. The molecule has 1 N–H and O–H groups in total. The van der Waals surface area contributed by atoms with E-state index in [-0.39, 0.29) is 17.9 Å². The standard InChI is InChI=1S/C13H16BrNO3/c1-8-5-6-18-12(8)13(16)15-10-7-9(14)3-4-11(10)17-2/h3-4,7-8,12H,5-6H2,1-2H3,(H,15,16). The number of rotatable bonds is 3. The molecule has 0 bridgehead atoms. The molecule has 2 unspecified atom stereocenters. The van der Waals surface area contributed by atoms with Gasteiger partial charge in [0.05, 0.1) is 12.8 Å². The van der Waals surface area contributed by atoms with Crippen LogP contribution in [0.15, 0.2) is 22.7 Å². The van der Waals surface area contributed by atoms with E-state index < -0.39 is 0 Å². The van der Waals surface area contributed by atoms with Gasteiger partial charge < -0.3 is 14.8 Å². The third-order valence-electron chi connectivity index (χ3n) is 3.07. The largest absolute Gasteiger partial charge is 0.495 e. The van der Waals surface area contributed by atoms with Crippen molar-refractivity contribution in [1.29, 1.82) is 0 Å². The lowest BCUT2D eigenvalue weighted by atomic mass is 10.0. The van der Waals surface area contributed by atoms with Crippen molar-refractivity contribution in [2.45, 2.75) is 19.4 Å². The van der Waals surface area contributed by atoms with E-state index in [0.29, 0.717) is 18.0 Å². The second-order valence-electron chi connectivity index (χ2n) is 4.39. The number of carbonyl (C=O) groups excluding carboxylic acids is 1. The van der Waals surface area contributed by atoms with Gasteiger partial charge in [0.25, 0.3) is 5.91 Å². The van der Waals surface area contributed by atoms with Crippen LogP contribution in [0.2, 0.25) is 0 Å². The van der Waals surface area contributed by atoms with Crippen LogP contribution in [0.3, 0.4) is 0 Å². The molecule has 1 aliphatic heterocycles. The quantitative estimate of drug-likeness (QED) is 0.933. The van der Waals surface area contributed by atoms with Gasteiger partial charge in [-0.05, 0) is 30.5 Å². The summed E-state index contributed by atoms with van der Waals surface area (Å²) in [6.45, 7) is 2.67. The van der Waals surface area contributed by atoms with Gasteiger partial charge in [-0.15, -0.1) is 0 Å². The van der Waals surface area contributed by atoms with Crippen LogP contribution in [0.25, 0.3) is 0 Å². The van der Waals surface area contributed by atoms with Gasteiger partial charge >= 0.3 is 0 Å². The lowest BCUT2D eigenvalue weighted by Crippen LogP contribution is -2.31. The minimum absolute atomic E-state index is 0.114. The number of nitrogens with one attached hydrogen (secondary N) is 1. The molecule has 0 saturated carbocycles. The molecule has 0 spiro atoms. The van der Waals surface area contributed by atoms with Gasteiger partial charge in [-0.1, -0.05) is 22.9 Å². The number of benzene rings is 1. The number of ether oxygens (including phenoxy) is 2. The van der Waals surface area contributed by atoms with E-state index in [1.165, 1.54) is 0 Å². The second-order valence-corrected chi connectivity index (χ2v) is 5.31. The summed E-state index contributed by atoms with van der Waals surface area (Å²) in [6.07, 6.45) is 0.557. The highest BCUT2D eigenvalue weighted by Crippen LogP contribution is 2.29. The van der Waals surface area contributed by atoms with Gasteiger partial charge in [0.2, 0.25) is 0 Å². The maximum Gasteiger partial charge on any atom is 0.253 e. The predicted octanol–water partition coefficient (Wildman–Crippen LogP) is 2.82. The highest BCUT2D eigenvalue weighted by atomic mass is 79.9. The molecule has 1 amide bonds. The molecular weight excluding hydrogens is 298 g/mol. The highest BCUT2D eigenvalue weighted by Gasteiger charge is 2.31. The number of methoxy groups -OCH3 is 1.